The Morgan fingerprint density at radius 3 is 2.33 bits per heavy atom. The fraction of sp³-hybridized carbons (Fsp3) is 0.500. The van der Waals surface area contributed by atoms with Crippen LogP contribution < -0.4 is 10.1 Å². The van der Waals surface area contributed by atoms with Crippen molar-refractivity contribution in [3.63, 3.8) is 0 Å². The van der Waals surface area contributed by atoms with Crippen LogP contribution in [0.1, 0.15) is 57.4 Å². The van der Waals surface area contributed by atoms with Gasteiger partial charge in [-0.05, 0) is 62.6 Å². The number of Topliss-reactive ketones (excluding diaryl/α,β-unsaturated/α-hetero) is 1. The lowest BCUT2D eigenvalue weighted by Crippen LogP contribution is -2.43. The second-order valence-corrected chi connectivity index (χ2v) is 9.12. The summed E-state index contributed by atoms with van der Waals surface area (Å²) in [5.74, 6) is -2.34. The number of dihydropyridines is 1. The minimum absolute atomic E-state index is 0.102. The molecule has 1 aromatic rings. The number of esters is 2. The largest absolute Gasteiger partial charge is 0.497 e. The summed E-state index contributed by atoms with van der Waals surface area (Å²) in [5, 5.41) is 3.30. The van der Waals surface area contributed by atoms with Gasteiger partial charge < -0.3 is 19.5 Å². The van der Waals surface area contributed by atoms with E-state index in [0.29, 0.717) is 29.0 Å². The van der Waals surface area contributed by atoms with Crippen molar-refractivity contribution in [2.45, 2.75) is 58.0 Å². The summed E-state index contributed by atoms with van der Waals surface area (Å²) < 4.78 is 16.1. The molecular weight excluding hydrogens is 422 g/mol. The Hall–Kier alpha value is -3.09. The lowest BCUT2D eigenvalue weighted by molar-refractivity contribution is -0.151. The zero-order chi connectivity index (χ0) is 23.7. The molecule has 0 aromatic heterocycles. The van der Waals surface area contributed by atoms with Gasteiger partial charge >= 0.3 is 11.9 Å². The van der Waals surface area contributed by atoms with Gasteiger partial charge in [-0.15, -0.1) is 0 Å². The highest BCUT2D eigenvalue weighted by atomic mass is 16.5. The molecular formula is C26H31NO6. The van der Waals surface area contributed by atoms with E-state index in [0.717, 1.165) is 36.9 Å². The molecule has 1 aliphatic heterocycles. The number of hydrogen-bond acceptors (Lipinski definition) is 7. The van der Waals surface area contributed by atoms with Crippen LogP contribution >= 0.6 is 0 Å². The number of allylic oxidation sites excluding steroid dienone is 3. The summed E-state index contributed by atoms with van der Waals surface area (Å²) in [6.45, 7) is 3.71. The van der Waals surface area contributed by atoms with Gasteiger partial charge in [-0.1, -0.05) is 19.1 Å². The predicted molar refractivity (Wildman–Crippen MR) is 121 cm³/mol. The molecule has 0 unspecified atom stereocenters. The molecule has 3 aliphatic rings. The Balaban J connectivity index is 1.79. The molecule has 33 heavy (non-hydrogen) atoms. The van der Waals surface area contributed by atoms with Crippen LogP contribution in [0, 0.1) is 11.8 Å². The average molecular weight is 454 g/mol. The number of carbonyl (C=O) groups excluding carboxylic acids is 3. The fourth-order valence-corrected chi connectivity index (χ4v) is 5.30. The number of hydrogen-bond donors (Lipinski definition) is 1. The van der Waals surface area contributed by atoms with E-state index in [1.807, 2.05) is 26.0 Å². The summed E-state index contributed by atoms with van der Waals surface area (Å²) >= 11 is 0. The van der Waals surface area contributed by atoms with Crippen molar-refractivity contribution >= 4 is 17.7 Å². The van der Waals surface area contributed by atoms with Crippen LogP contribution in [0.5, 0.6) is 5.75 Å². The maximum Gasteiger partial charge on any atom is 0.337 e. The molecule has 7 nitrogen and oxygen atoms in total. The van der Waals surface area contributed by atoms with Crippen molar-refractivity contribution in [1.29, 1.82) is 0 Å². The molecule has 1 fully saturated rings. The fourth-order valence-electron chi connectivity index (χ4n) is 5.30. The van der Waals surface area contributed by atoms with E-state index in [1.165, 1.54) is 7.11 Å². The third kappa shape index (κ3) is 4.28. The molecule has 0 amide bonds. The standard InChI is InChI=1S/C26H31NO6/c1-14-13-19-23(24(28)20(14)25(29)32-4)22(16-9-11-17(31-3)12-10-16)21(15(2)27-19)26(30)33-18-7-5-6-8-18/h9-12,14,18,20,22,27H,5-8,13H2,1-4H3/t14-,20+,22+/m1/s1. The Morgan fingerprint density at radius 1 is 1.06 bits per heavy atom. The van der Waals surface area contributed by atoms with Crippen LogP contribution in [0.25, 0.3) is 0 Å². The minimum atomic E-state index is -0.901. The van der Waals surface area contributed by atoms with Crippen molar-refractivity contribution in [3.8, 4) is 5.75 Å². The SMILES string of the molecule is COC(=O)[C@@H]1C(=O)C2=C(C[C@H]1C)NC(C)=C(C(=O)OC1CCCC1)[C@@H]2c1ccc(OC)cc1. The summed E-state index contributed by atoms with van der Waals surface area (Å²) in [6.07, 6.45) is 4.21. The van der Waals surface area contributed by atoms with Crippen LogP contribution in [-0.2, 0) is 23.9 Å². The molecule has 1 N–H and O–H groups in total. The summed E-state index contributed by atoms with van der Waals surface area (Å²) in [6, 6.07) is 7.32. The van der Waals surface area contributed by atoms with E-state index >= 15 is 0 Å². The summed E-state index contributed by atoms with van der Waals surface area (Å²) in [7, 11) is 2.88. The Labute approximate surface area is 194 Å². The van der Waals surface area contributed by atoms with Crippen LogP contribution in [0.2, 0.25) is 0 Å². The number of ether oxygens (including phenoxy) is 3. The van der Waals surface area contributed by atoms with Gasteiger partial charge in [-0.25, -0.2) is 4.79 Å². The molecule has 2 aliphatic carbocycles. The van der Waals surface area contributed by atoms with Crippen LogP contribution in [0.15, 0.2) is 46.8 Å². The van der Waals surface area contributed by atoms with Crippen molar-refractivity contribution in [1.82, 2.24) is 5.32 Å². The summed E-state index contributed by atoms with van der Waals surface area (Å²) in [5.41, 5.74) is 3.06. The van der Waals surface area contributed by atoms with Crippen LogP contribution in [0.4, 0.5) is 0 Å². The topological polar surface area (TPSA) is 90.9 Å². The number of carbonyl (C=O) groups is 3. The second kappa shape index (κ2) is 9.41. The van der Waals surface area contributed by atoms with Gasteiger partial charge in [0.15, 0.2) is 5.78 Å². The first kappa shape index (κ1) is 23.1. The first-order chi connectivity index (χ1) is 15.8. The quantitative estimate of drug-likeness (QED) is 0.536. The van der Waals surface area contributed by atoms with Crippen molar-refractivity contribution in [3.05, 3.63) is 52.4 Å². The number of nitrogens with one attached hydrogen (secondary N) is 1. The monoisotopic (exact) mass is 453 g/mol. The minimum Gasteiger partial charge on any atom is -0.497 e. The molecule has 0 saturated heterocycles. The first-order valence-corrected chi connectivity index (χ1v) is 11.5. The lowest BCUT2D eigenvalue weighted by Gasteiger charge is -2.38. The zero-order valence-electron chi connectivity index (χ0n) is 19.6. The van der Waals surface area contributed by atoms with Crippen LogP contribution in [-0.4, -0.2) is 38.0 Å². The number of benzene rings is 1. The highest BCUT2D eigenvalue weighted by molar-refractivity contribution is 6.12. The first-order valence-electron chi connectivity index (χ1n) is 11.5. The smallest absolute Gasteiger partial charge is 0.337 e. The van der Waals surface area contributed by atoms with Gasteiger partial charge in [0, 0.05) is 22.9 Å². The van der Waals surface area contributed by atoms with Crippen molar-refractivity contribution in [2.24, 2.45) is 11.8 Å². The highest BCUT2D eigenvalue weighted by Gasteiger charge is 2.47. The molecule has 1 saturated carbocycles. The van der Waals surface area contributed by atoms with E-state index in [4.69, 9.17) is 14.2 Å². The third-order valence-electron chi connectivity index (χ3n) is 6.99. The maximum absolute atomic E-state index is 13.7. The van der Waals surface area contributed by atoms with Gasteiger partial charge in [0.05, 0.1) is 19.8 Å². The average Bonchev–Trinajstić information content (AvgIpc) is 3.30. The van der Waals surface area contributed by atoms with Crippen molar-refractivity contribution < 1.29 is 28.6 Å². The molecule has 0 bridgehead atoms. The van der Waals surface area contributed by atoms with Gasteiger partial charge in [-0.2, -0.15) is 0 Å². The molecule has 4 rings (SSSR count). The molecule has 0 radical (unpaired) electrons. The van der Waals surface area contributed by atoms with Crippen LogP contribution in [0.3, 0.4) is 0 Å². The predicted octanol–water partition coefficient (Wildman–Crippen LogP) is 3.79. The molecule has 1 aromatic carbocycles. The Kier molecular flexibility index (Phi) is 6.58. The van der Waals surface area contributed by atoms with E-state index in [1.54, 1.807) is 19.2 Å². The Bertz CT molecular complexity index is 1020. The van der Waals surface area contributed by atoms with Gasteiger partial charge in [0.2, 0.25) is 0 Å². The van der Waals surface area contributed by atoms with E-state index in [-0.39, 0.29) is 17.8 Å². The second-order valence-electron chi connectivity index (χ2n) is 9.12. The highest BCUT2D eigenvalue weighted by Crippen LogP contribution is 2.46. The van der Waals surface area contributed by atoms with Gasteiger partial charge in [0.25, 0.3) is 0 Å². The van der Waals surface area contributed by atoms with Gasteiger partial charge in [-0.3, -0.25) is 9.59 Å². The number of ketones is 1. The zero-order valence-corrected chi connectivity index (χ0v) is 19.6. The van der Waals surface area contributed by atoms with Crippen molar-refractivity contribution in [2.75, 3.05) is 14.2 Å². The number of methoxy groups -OCH3 is 2. The normalized spacial score (nSPS) is 25.5. The lowest BCUT2D eigenvalue weighted by atomic mass is 9.69. The third-order valence-corrected chi connectivity index (χ3v) is 6.99. The number of rotatable bonds is 5. The van der Waals surface area contributed by atoms with E-state index in [2.05, 4.69) is 5.32 Å². The Morgan fingerprint density at radius 2 is 1.73 bits per heavy atom. The molecule has 176 valence electrons. The molecule has 7 heteroatoms. The molecule has 0 spiro atoms. The maximum atomic E-state index is 13.7. The molecule has 3 atom stereocenters. The molecule has 1 heterocycles. The van der Waals surface area contributed by atoms with Gasteiger partial charge in [0.1, 0.15) is 17.8 Å². The van der Waals surface area contributed by atoms with E-state index < -0.39 is 23.8 Å². The summed E-state index contributed by atoms with van der Waals surface area (Å²) in [4.78, 5) is 39.6. The van der Waals surface area contributed by atoms with E-state index in [9.17, 15) is 14.4 Å².